The number of benzene rings is 2. The average Bonchev–Trinajstić information content (AvgIpc) is 3.19. The van der Waals surface area contributed by atoms with Gasteiger partial charge in [0, 0.05) is 17.7 Å². The zero-order valence-corrected chi connectivity index (χ0v) is 16.1. The Labute approximate surface area is 162 Å². The molecule has 0 aliphatic carbocycles. The molecule has 0 saturated heterocycles. The van der Waals surface area contributed by atoms with E-state index >= 15 is 0 Å². The summed E-state index contributed by atoms with van der Waals surface area (Å²) in [6, 6.07) is 11.3. The Morgan fingerprint density at radius 2 is 2.07 bits per heavy atom. The number of amides is 1. The number of carbonyl (C=O) groups is 1. The van der Waals surface area contributed by atoms with Crippen LogP contribution >= 0.6 is 0 Å². The number of fused-ring (bicyclic) bond motifs is 1. The van der Waals surface area contributed by atoms with Crippen LogP contribution in [0, 0.1) is 6.92 Å². The first-order valence-corrected chi connectivity index (χ1v) is 9.17. The molecule has 2 heterocycles. The summed E-state index contributed by atoms with van der Waals surface area (Å²) in [4.78, 5) is 18.5. The summed E-state index contributed by atoms with van der Waals surface area (Å²) in [6.45, 7) is 4.71. The van der Waals surface area contributed by atoms with Gasteiger partial charge in [-0.05, 0) is 55.3 Å². The van der Waals surface area contributed by atoms with Gasteiger partial charge in [0.1, 0.15) is 11.5 Å². The van der Waals surface area contributed by atoms with Gasteiger partial charge in [0.15, 0.2) is 6.61 Å². The molecule has 28 heavy (non-hydrogen) atoms. The summed E-state index contributed by atoms with van der Waals surface area (Å²) in [5.74, 6) is 2.31. The van der Waals surface area contributed by atoms with E-state index in [4.69, 9.17) is 14.0 Å². The number of hydrogen-bond acceptors (Lipinski definition) is 6. The lowest BCUT2D eigenvalue weighted by molar-refractivity contribution is -0.121. The van der Waals surface area contributed by atoms with Crippen molar-refractivity contribution >= 4 is 11.6 Å². The van der Waals surface area contributed by atoms with Crippen molar-refractivity contribution in [3.8, 4) is 34.3 Å². The summed E-state index contributed by atoms with van der Waals surface area (Å²) in [6.07, 6.45) is 0.860. The number of hydrogen-bond donors (Lipinski definition) is 0. The second-order valence-corrected chi connectivity index (χ2v) is 6.62. The van der Waals surface area contributed by atoms with Crippen LogP contribution in [0.4, 0.5) is 5.69 Å². The van der Waals surface area contributed by atoms with Gasteiger partial charge in [-0.3, -0.25) is 4.79 Å². The number of nitrogens with zero attached hydrogens (tertiary/aromatic N) is 3. The first kappa shape index (κ1) is 18.0. The monoisotopic (exact) mass is 379 g/mol. The fraction of sp³-hybridized carbons (Fsp3) is 0.286. The Morgan fingerprint density at radius 3 is 2.82 bits per heavy atom. The van der Waals surface area contributed by atoms with E-state index in [1.807, 2.05) is 50.2 Å². The fourth-order valence-electron chi connectivity index (χ4n) is 3.26. The largest absolute Gasteiger partial charge is 0.497 e. The molecule has 144 valence electrons. The predicted molar refractivity (Wildman–Crippen MR) is 105 cm³/mol. The van der Waals surface area contributed by atoms with E-state index in [1.54, 1.807) is 12.0 Å². The third kappa shape index (κ3) is 3.19. The van der Waals surface area contributed by atoms with Crippen LogP contribution < -0.4 is 14.4 Å². The SMILES string of the molecule is CCCN1C(=O)COc2ccc(-c3noc(-c4ccc(OC)cc4C)n3)cc21. The first-order chi connectivity index (χ1) is 13.6. The van der Waals surface area contributed by atoms with Crippen molar-refractivity contribution < 1.29 is 18.8 Å². The van der Waals surface area contributed by atoms with E-state index in [0.717, 1.165) is 34.5 Å². The van der Waals surface area contributed by atoms with Gasteiger partial charge in [-0.25, -0.2) is 0 Å². The van der Waals surface area contributed by atoms with Gasteiger partial charge >= 0.3 is 0 Å². The van der Waals surface area contributed by atoms with Crippen molar-refractivity contribution in [2.75, 3.05) is 25.2 Å². The van der Waals surface area contributed by atoms with Gasteiger partial charge in [-0.1, -0.05) is 12.1 Å². The molecule has 0 spiro atoms. The smallest absolute Gasteiger partial charge is 0.265 e. The molecule has 0 atom stereocenters. The minimum absolute atomic E-state index is 0.0471. The molecule has 0 unspecified atom stereocenters. The van der Waals surface area contributed by atoms with Crippen LogP contribution in [0.15, 0.2) is 40.9 Å². The molecule has 1 aliphatic heterocycles. The van der Waals surface area contributed by atoms with Gasteiger partial charge in [-0.15, -0.1) is 0 Å². The number of ether oxygens (including phenoxy) is 2. The van der Waals surface area contributed by atoms with Crippen molar-refractivity contribution in [2.45, 2.75) is 20.3 Å². The minimum Gasteiger partial charge on any atom is -0.497 e. The molecule has 0 bridgehead atoms. The highest BCUT2D eigenvalue weighted by molar-refractivity contribution is 5.98. The molecule has 7 nitrogen and oxygen atoms in total. The van der Waals surface area contributed by atoms with Crippen LogP contribution in [-0.4, -0.2) is 36.3 Å². The number of rotatable bonds is 5. The van der Waals surface area contributed by atoms with E-state index in [1.165, 1.54) is 0 Å². The van der Waals surface area contributed by atoms with Gasteiger partial charge in [0.2, 0.25) is 5.82 Å². The van der Waals surface area contributed by atoms with Crippen molar-refractivity contribution in [2.24, 2.45) is 0 Å². The number of carbonyl (C=O) groups excluding carboxylic acids is 1. The Kier molecular flexibility index (Phi) is 4.73. The Bertz CT molecular complexity index is 1030. The molecule has 1 amide bonds. The van der Waals surface area contributed by atoms with Crippen LogP contribution in [0.2, 0.25) is 0 Å². The third-order valence-corrected chi connectivity index (χ3v) is 4.70. The van der Waals surface area contributed by atoms with E-state index in [0.29, 0.717) is 24.0 Å². The second-order valence-electron chi connectivity index (χ2n) is 6.62. The van der Waals surface area contributed by atoms with Crippen molar-refractivity contribution in [3.63, 3.8) is 0 Å². The summed E-state index contributed by atoms with van der Waals surface area (Å²) >= 11 is 0. The van der Waals surface area contributed by atoms with E-state index < -0.39 is 0 Å². The standard InChI is InChI=1S/C21H21N3O4/c1-4-9-24-17-11-14(5-8-18(17)27-12-19(24)25)20-22-21(28-23-20)16-7-6-15(26-3)10-13(16)2/h5-8,10-11H,4,9,12H2,1-3H3. The van der Waals surface area contributed by atoms with E-state index in [-0.39, 0.29) is 12.5 Å². The molecule has 1 aromatic heterocycles. The average molecular weight is 379 g/mol. The van der Waals surface area contributed by atoms with Crippen LogP contribution in [0.25, 0.3) is 22.8 Å². The molecular weight excluding hydrogens is 358 g/mol. The number of methoxy groups -OCH3 is 1. The quantitative estimate of drug-likeness (QED) is 0.670. The molecule has 0 N–H and O–H groups in total. The maximum absolute atomic E-state index is 12.2. The maximum atomic E-state index is 12.2. The zero-order chi connectivity index (χ0) is 19.7. The summed E-state index contributed by atoms with van der Waals surface area (Å²) in [5.41, 5.74) is 3.33. The van der Waals surface area contributed by atoms with Crippen LogP contribution in [-0.2, 0) is 4.79 Å². The third-order valence-electron chi connectivity index (χ3n) is 4.70. The fourth-order valence-corrected chi connectivity index (χ4v) is 3.26. The van der Waals surface area contributed by atoms with Crippen molar-refractivity contribution in [1.82, 2.24) is 10.1 Å². The molecule has 4 rings (SSSR count). The van der Waals surface area contributed by atoms with Gasteiger partial charge in [0.05, 0.1) is 12.8 Å². The Hall–Kier alpha value is -3.35. The molecule has 7 heteroatoms. The van der Waals surface area contributed by atoms with Gasteiger partial charge < -0.3 is 18.9 Å². The Balaban J connectivity index is 1.69. The van der Waals surface area contributed by atoms with E-state index in [9.17, 15) is 4.79 Å². The molecule has 3 aromatic rings. The lowest BCUT2D eigenvalue weighted by atomic mass is 10.1. The predicted octanol–water partition coefficient (Wildman–Crippen LogP) is 3.86. The normalized spacial score (nSPS) is 13.2. The van der Waals surface area contributed by atoms with Crippen LogP contribution in [0.5, 0.6) is 11.5 Å². The number of aromatic nitrogens is 2. The minimum atomic E-state index is -0.0471. The number of aryl methyl sites for hydroxylation is 1. The molecule has 0 fully saturated rings. The lowest BCUT2D eigenvalue weighted by Crippen LogP contribution is -2.39. The summed E-state index contributed by atoms with van der Waals surface area (Å²) in [5, 5.41) is 4.12. The second kappa shape index (κ2) is 7.34. The van der Waals surface area contributed by atoms with E-state index in [2.05, 4.69) is 10.1 Å². The summed E-state index contributed by atoms with van der Waals surface area (Å²) in [7, 11) is 1.63. The molecule has 0 radical (unpaired) electrons. The number of anilines is 1. The van der Waals surface area contributed by atoms with Crippen molar-refractivity contribution in [3.05, 3.63) is 42.0 Å². The zero-order valence-electron chi connectivity index (χ0n) is 16.1. The summed E-state index contributed by atoms with van der Waals surface area (Å²) < 4.78 is 16.3. The van der Waals surface area contributed by atoms with Crippen LogP contribution in [0.1, 0.15) is 18.9 Å². The first-order valence-electron chi connectivity index (χ1n) is 9.17. The highest BCUT2D eigenvalue weighted by atomic mass is 16.5. The molecule has 2 aromatic carbocycles. The topological polar surface area (TPSA) is 77.7 Å². The lowest BCUT2D eigenvalue weighted by Gasteiger charge is -2.29. The maximum Gasteiger partial charge on any atom is 0.265 e. The molecular formula is C21H21N3O4. The molecule has 0 saturated carbocycles. The van der Waals surface area contributed by atoms with Crippen LogP contribution in [0.3, 0.4) is 0 Å². The van der Waals surface area contributed by atoms with Gasteiger partial charge in [0.25, 0.3) is 11.8 Å². The highest BCUT2D eigenvalue weighted by Gasteiger charge is 2.26. The Morgan fingerprint density at radius 1 is 1.21 bits per heavy atom. The highest BCUT2D eigenvalue weighted by Crippen LogP contribution is 2.36. The molecule has 1 aliphatic rings. The van der Waals surface area contributed by atoms with Gasteiger partial charge in [-0.2, -0.15) is 4.98 Å². The van der Waals surface area contributed by atoms with Crippen molar-refractivity contribution in [1.29, 1.82) is 0 Å².